The molecule has 0 aliphatic carbocycles. The third kappa shape index (κ3) is 3.38. The number of likely N-dealkylation sites (N-methyl/N-ethyl adjacent to an activating group) is 1. The summed E-state index contributed by atoms with van der Waals surface area (Å²) in [5, 5.41) is -0.206. The van der Waals surface area contributed by atoms with Crippen LogP contribution >= 0.6 is 11.8 Å². The molecule has 2 amide bonds. The molecule has 27 heavy (non-hydrogen) atoms. The van der Waals surface area contributed by atoms with Crippen LogP contribution in [0.2, 0.25) is 0 Å². The molecule has 2 heterocycles. The molecule has 0 atom stereocenters. The molecular formula is C21H26N2O3S. The Balaban J connectivity index is 2.07. The van der Waals surface area contributed by atoms with Crippen molar-refractivity contribution in [2.75, 3.05) is 25.6 Å². The Kier molecular flexibility index (Phi) is 5.12. The summed E-state index contributed by atoms with van der Waals surface area (Å²) in [4.78, 5) is 28.6. The lowest BCUT2D eigenvalue weighted by molar-refractivity contribution is -0.122. The first-order valence-corrected chi connectivity index (χ1v) is 9.92. The second kappa shape index (κ2) is 7.08. The molecule has 3 rings (SSSR count). The highest BCUT2D eigenvalue weighted by Crippen LogP contribution is 2.42. The zero-order valence-corrected chi connectivity index (χ0v) is 17.6. The number of amides is 2. The summed E-state index contributed by atoms with van der Waals surface area (Å²) in [5.74, 6) is 0.463. The number of ether oxygens (including phenoxy) is 1. The molecule has 1 aromatic rings. The predicted molar refractivity (Wildman–Crippen MR) is 112 cm³/mol. The lowest BCUT2D eigenvalue weighted by Gasteiger charge is -2.41. The zero-order valence-electron chi connectivity index (χ0n) is 16.8. The number of hydrogen-bond acceptors (Lipinski definition) is 5. The predicted octanol–water partition coefficient (Wildman–Crippen LogP) is 4.77. The maximum absolute atomic E-state index is 12.6. The summed E-state index contributed by atoms with van der Waals surface area (Å²) in [6, 6.07) is 4.05. The summed E-state index contributed by atoms with van der Waals surface area (Å²) in [5.41, 5.74) is 4.10. The Morgan fingerprint density at radius 1 is 1.26 bits per heavy atom. The molecule has 6 heteroatoms. The Morgan fingerprint density at radius 3 is 2.59 bits per heavy atom. The van der Waals surface area contributed by atoms with Gasteiger partial charge in [-0.1, -0.05) is 13.0 Å². The van der Waals surface area contributed by atoms with Gasteiger partial charge in [0.25, 0.3) is 11.1 Å². The van der Waals surface area contributed by atoms with Gasteiger partial charge >= 0.3 is 0 Å². The first-order valence-electron chi connectivity index (χ1n) is 9.10. The minimum Gasteiger partial charge on any atom is -0.496 e. The quantitative estimate of drug-likeness (QED) is 0.698. The normalized spacial score (nSPS) is 20.2. The Bertz CT molecular complexity index is 870. The number of carbonyl (C=O) groups is 2. The Hall–Kier alpha value is -2.21. The average Bonchev–Trinajstić information content (AvgIpc) is 2.87. The summed E-state index contributed by atoms with van der Waals surface area (Å²) in [7, 11) is 3.69. The van der Waals surface area contributed by atoms with E-state index in [4.69, 9.17) is 4.74 Å². The van der Waals surface area contributed by atoms with E-state index >= 15 is 0 Å². The number of rotatable bonds is 4. The van der Waals surface area contributed by atoms with Gasteiger partial charge in [0.1, 0.15) is 5.75 Å². The molecule has 144 valence electrons. The maximum atomic E-state index is 12.6. The van der Waals surface area contributed by atoms with Gasteiger partial charge in [-0.2, -0.15) is 0 Å². The monoisotopic (exact) mass is 386 g/mol. The molecule has 1 fully saturated rings. The van der Waals surface area contributed by atoms with Gasteiger partial charge in [0.2, 0.25) is 0 Å². The summed E-state index contributed by atoms with van der Waals surface area (Å²) >= 11 is 0.992. The van der Waals surface area contributed by atoms with Crippen molar-refractivity contribution in [3.05, 3.63) is 34.2 Å². The van der Waals surface area contributed by atoms with Gasteiger partial charge in [-0.25, -0.2) is 0 Å². The van der Waals surface area contributed by atoms with Crippen LogP contribution in [0.1, 0.15) is 45.2 Å². The lowest BCUT2D eigenvalue weighted by Crippen LogP contribution is -2.42. The van der Waals surface area contributed by atoms with E-state index in [2.05, 4.69) is 38.8 Å². The summed E-state index contributed by atoms with van der Waals surface area (Å²) < 4.78 is 5.60. The minimum atomic E-state index is -0.225. The summed E-state index contributed by atoms with van der Waals surface area (Å²) in [6.07, 6.45) is 4.76. The number of nitrogens with zero attached hydrogens (tertiary/aromatic N) is 2. The molecule has 5 nitrogen and oxygen atoms in total. The fourth-order valence-corrected chi connectivity index (χ4v) is 4.40. The van der Waals surface area contributed by atoms with Crippen LogP contribution in [-0.2, 0) is 4.79 Å². The van der Waals surface area contributed by atoms with Crippen molar-refractivity contribution in [3.63, 3.8) is 0 Å². The van der Waals surface area contributed by atoms with E-state index in [1.807, 2.05) is 19.1 Å². The number of hydrogen-bond donors (Lipinski definition) is 0. The smallest absolute Gasteiger partial charge is 0.293 e. The first kappa shape index (κ1) is 19.5. The summed E-state index contributed by atoms with van der Waals surface area (Å²) in [6.45, 7) is 8.84. The van der Waals surface area contributed by atoms with E-state index in [1.165, 1.54) is 10.5 Å². The van der Waals surface area contributed by atoms with Crippen LogP contribution in [0.3, 0.4) is 0 Å². The third-order valence-corrected chi connectivity index (χ3v) is 6.08. The van der Waals surface area contributed by atoms with Crippen molar-refractivity contribution < 1.29 is 14.3 Å². The maximum Gasteiger partial charge on any atom is 0.293 e. The number of benzene rings is 1. The molecular weight excluding hydrogens is 360 g/mol. The molecule has 0 spiro atoms. The van der Waals surface area contributed by atoms with Crippen LogP contribution in [0.15, 0.2) is 23.1 Å². The fourth-order valence-electron chi connectivity index (χ4n) is 3.54. The SMILES string of the molecule is CCCN1C(=O)S/C(=C/c2cc3c(cc2OC)N(C)C(C)(C)C=C3C)C1=O. The third-order valence-electron chi connectivity index (χ3n) is 5.18. The van der Waals surface area contributed by atoms with Gasteiger partial charge < -0.3 is 9.64 Å². The van der Waals surface area contributed by atoms with Crippen molar-refractivity contribution in [1.82, 2.24) is 4.90 Å². The lowest BCUT2D eigenvalue weighted by atomic mass is 9.88. The average molecular weight is 387 g/mol. The molecule has 0 saturated carbocycles. The van der Waals surface area contributed by atoms with Crippen LogP contribution in [0, 0.1) is 0 Å². The number of methoxy groups -OCH3 is 1. The van der Waals surface area contributed by atoms with E-state index in [-0.39, 0.29) is 16.7 Å². The van der Waals surface area contributed by atoms with Crippen LogP contribution in [0.25, 0.3) is 11.6 Å². The largest absolute Gasteiger partial charge is 0.496 e. The molecule has 1 aromatic carbocycles. The van der Waals surface area contributed by atoms with E-state index in [0.717, 1.165) is 35.0 Å². The highest BCUT2D eigenvalue weighted by Gasteiger charge is 2.35. The van der Waals surface area contributed by atoms with Crippen molar-refractivity contribution >= 4 is 40.2 Å². The first-order chi connectivity index (χ1) is 12.7. The zero-order chi connectivity index (χ0) is 19.9. The van der Waals surface area contributed by atoms with Crippen LogP contribution in [0.4, 0.5) is 10.5 Å². The molecule has 0 unspecified atom stereocenters. The Morgan fingerprint density at radius 2 is 1.96 bits per heavy atom. The highest BCUT2D eigenvalue weighted by molar-refractivity contribution is 8.18. The highest BCUT2D eigenvalue weighted by atomic mass is 32.2. The second-order valence-corrected chi connectivity index (χ2v) is 8.48. The molecule has 0 N–H and O–H groups in total. The van der Waals surface area contributed by atoms with Gasteiger partial charge in [0.15, 0.2) is 0 Å². The number of fused-ring (bicyclic) bond motifs is 1. The standard InChI is InChI=1S/C21H26N2O3S/c1-7-8-23-19(24)18(27-20(23)25)10-14-9-15-13(2)12-21(3,4)22(5)16(15)11-17(14)26-6/h9-12H,7-8H2,1-6H3/b18-10+. The van der Waals surface area contributed by atoms with Crippen LogP contribution in [-0.4, -0.2) is 42.3 Å². The topological polar surface area (TPSA) is 49.9 Å². The van der Waals surface area contributed by atoms with E-state index < -0.39 is 0 Å². The Labute approximate surface area is 165 Å². The van der Waals surface area contributed by atoms with E-state index in [1.54, 1.807) is 13.2 Å². The van der Waals surface area contributed by atoms with Gasteiger partial charge in [0, 0.05) is 36.5 Å². The molecule has 0 bridgehead atoms. The molecule has 0 radical (unpaired) electrons. The van der Waals surface area contributed by atoms with E-state index in [0.29, 0.717) is 17.2 Å². The van der Waals surface area contributed by atoms with Gasteiger partial charge in [-0.05, 0) is 56.7 Å². The van der Waals surface area contributed by atoms with Crippen molar-refractivity contribution in [3.8, 4) is 5.75 Å². The van der Waals surface area contributed by atoms with Crippen molar-refractivity contribution in [2.45, 2.75) is 39.7 Å². The molecule has 0 aromatic heterocycles. The molecule has 2 aliphatic rings. The van der Waals surface area contributed by atoms with Gasteiger partial charge in [-0.15, -0.1) is 0 Å². The number of thioether (sulfide) groups is 1. The van der Waals surface area contributed by atoms with Crippen LogP contribution in [0.5, 0.6) is 5.75 Å². The van der Waals surface area contributed by atoms with Crippen molar-refractivity contribution in [2.24, 2.45) is 0 Å². The van der Waals surface area contributed by atoms with Crippen molar-refractivity contribution in [1.29, 1.82) is 0 Å². The number of imide groups is 1. The van der Waals surface area contributed by atoms with Gasteiger partial charge in [-0.3, -0.25) is 14.5 Å². The number of anilines is 1. The minimum absolute atomic E-state index is 0.0909. The number of allylic oxidation sites excluding steroid dienone is 1. The van der Waals surface area contributed by atoms with Gasteiger partial charge in [0.05, 0.1) is 17.6 Å². The van der Waals surface area contributed by atoms with E-state index in [9.17, 15) is 9.59 Å². The number of carbonyl (C=O) groups excluding carboxylic acids is 2. The molecule has 1 saturated heterocycles. The molecule has 2 aliphatic heterocycles. The second-order valence-electron chi connectivity index (χ2n) is 7.48. The fraction of sp³-hybridized carbons (Fsp3) is 0.429. The van der Waals surface area contributed by atoms with Crippen LogP contribution < -0.4 is 9.64 Å².